The van der Waals surface area contributed by atoms with Crippen molar-refractivity contribution in [2.75, 3.05) is 18.5 Å². The summed E-state index contributed by atoms with van der Waals surface area (Å²) in [6.45, 7) is 1.04. The predicted octanol–water partition coefficient (Wildman–Crippen LogP) is 2.66. The van der Waals surface area contributed by atoms with E-state index in [1.54, 1.807) is 0 Å². The van der Waals surface area contributed by atoms with Gasteiger partial charge in [0.25, 0.3) is 11.8 Å². The molecule has 0 bridgehead atoms. The molecule has 0 radical (unpaired) electrons. The highest BCUT2D eigenvalue weighted by Crippen LogP contribution is 2.36. The van der Waals surface area contributed by atoms with Crippen LogP contribution in [0.5, 0.6) is 0 Å². The number of amides is 2. The number of nitrogens with one attached hydrogen (secondary N) is 2. The first-order chi connectivity index (χ1) is 12.9. The molecule has 8 heteroatoms. The maximum absolute atomic E-state index is 12.8. The molecule has 3 N–H and O–H groups in total. The minimum Gasteiger partial charge on any atom is -0.480 e. The van der Waals surface area contributed by atoms with Gasteiger partial charge in [-0.15, -0.1) is 11.3 Å². The highest BCUT2D eigenvalue weighted by Gasteiger charge is 2.28. The van der Waals surface area contributed by atoms with Crippen LogP contribution in [-0.2, 0) is 14.3 Å². The van der Waals surface area contributed by atoms with Gasteiger partial charge in [-0.3, -0.25) is 9.59 Å². The number of carbonyl (C=O) groups excluding carboxylic acids is 2. The van der Waals surface area contributed by atoms with Crippen molar-refractivity contribution in [2.45, 2.75) is 25.8 Å². The predicted molar refractivity (Wildman–Crippen MR) is 102 cm³/mol. The zero-order chi connectivity index (χ0) is 19.4. The zero-order valence-corrected chi connectivity index (χ0v) is 15.6. The number of anilines is 1. The van der Waals surface area contributed by atoms with Crippen LogP contribution in [-0.4, -0.2) is 42.1 Å². The van der Waals surface area contributed by atoms with Crippen molar-refractivity contribution in [1.82, 2.24) is 5.32 Å². The van der Waals surface area contributed by atoms with Gasteiger partial charge in [0.15, 0.2) is 0 Å². The molecule has 1 aliphatic carbocycles. The van der Waals surface area contributed by atoms with Crippen LogP contribution in [0.15, 0.2) is 29.6 Å². The van der Waals surface area contributed by atoms with Crippen LogP contribution in [0.1, 0.15) is 28.8 Å². The molecule has 1 aromatic carbocycles. The summed E-state index contributed by atoms with van der Waals surface area (Å²) < 4.78 is 4.80. The van der Waals surface area contributed by atoms with Gasteiger partial charge in [-0.25, -0.2) is 4.79 Å². The molecule has 3 rings (SSSR count). The molecule has 7 nitrogen and oxygen atoms in total. The van der Waals surface area contributed by atoms with Crippen molar-refractivity contribution in [3.63, 3.8) is 0 Å². The van der Waals surface area contributed by atoms with E-state index in [0.717, 1.165) is 29.5 Å². The van der Waals surface area contributed by atoms with E-state index >= 15 is 0 Å². The smallest absolute Gasteiger partial charge is 0.329 e. The van der Waals surface area contributed by atoms with Crippen molar-refractivity contribution < 1.29 is 24.2 Å². The molecule has 1 saturated carbocycles. The van der Waals surface area contributed by atoms with E-state index in [1.165, 1.54) is 11.3 Å². The Hall–Kier alpha value is -2.71. The quantitative estimate of drug-likeness (QED) is 0.645. The molecular formula is C19H20N2O5S. The Morgan fingerprint density at radius 2 is 1.89 bits per heavy atom. The topological polar surface area (TPSA) is 105 Å². The van der Waals surface area contributed by atoms with E-state index < -0.39 is 25.1 Å². The van der Waals surface area contributed by atoms with E-state index in [0.29, 0.717) is 10.6 Å². The Morgan fingerprint density at radius 1 is 1.19 bits per heavy atom. The number of aliphatic carboxylic acids is 1. The molecule has 0 aliphatic heterocycles. The van der Waals surface area contributed by atoms with Crippen LogP contribution in [0.2, 0.25) is 0 Å². The summed E-state index contributed by atoms with van der Waals surface area (Å²) in [5, 5.41) is 16.4. The van der Waals surface area contributed by atoms with Crippen LogP contribution in [0.4, 0.5) is 5.00 Å². The maximum atomic E-state index is 12.8. The normalized spacial score (nSPS) is 13.2. The van der Waals surface area contributed by atoms with Crippen molar-refractivity contribution in [3.05, 3.63) is 40.8 Å². The van der Waals surface area contributed by atoms with Crippen LogP contribution < -0.4 is 10.6 Å². The van der Waals surface area contributed by atoms with Crippen LogP contribution in [0, 0.1) is 6.92 Å². The second-order valence-electron chi connectivity index (χ2n) is 6.40. The Kier molecular flexibility index (Phi) is 5.88. The number of hydrogen-bond acceptors (Lipinski definition) is 5. The molecule has 1 aromatic heterocycles. The van der Waals surface area contributed by atoms with Gasteiger partial charge in [-0.2, -0.15) is 0 Å². The number of carboxylic acid groups (broad SMARTS) is 1. The van der Waals surface area contributed by atoms with Crippen LogP contribution >= 0.6 is 11.3 Å². The van der Waals surface area contributed by atoms with E-state index in [2.05, 4.69) is 10.6 Å². The minimum atomic E-state index is -1.15. The van der Waals surface area contributed by atoms with Crippen molar-refractivity contribution in [1.29, 1.82) is 0 Å². The average molecular weight is 388 g/mol. The van der Waals surface area contributed by atoms with E-state index in [4.69, 9.17) is 9.84 Å². The fourth-order valence-electron chi connectivity index (χ4n) is 2.50. The van der Waals surface area contributed by atoms with Gasteiger partial charge < -0.3 is 20.5 Å². The third kappa shape index (κ3) is 5.15. The summed E-state index contributed by atoms with van der Waals surface area (Å²) in [6.07, 6.45) is 1.92. The van der Waals surface area contributed by atoms with Crippen LogP contribution in [0.25, 0.3) is 11.1 Å². The number of hydrogen-bond donors (Lipinski definition) is 3. The Morgan fingerprint density at radius 3 is 2.52 bits per heavy atom. The van der Waals surface area contributed by atoms with Gasteiger partial charge in [0, 0.05) is 17.0 Å². The standard InChI is InChI=1S/C19H20N2O5S/c1-11-2-4-12(5-3-11)14-10-27-19(17(14)18(25)20-13-6-7-13)21-15(22)8-26-9-16(23)24/h2-5,10,13H,6-9H2,1H3,(H,20,25)(H,21,22)(H,23,24). The van der Waals surface area contributed by atoms with Crippen molar-refractivity contribution >= 4 is 34.1 Å². The lowest BCUT2D eigenvalue weighted by atomic mass is 10.0. The second kappa shape index (κ2) is 8.32. The second-order valence-corrected chi connectivity index (χ2v) is 7.28. The number of ether oxygens (including phenoxy) is 1. The van der Waals surface area contributed by atoms with Gasteiger partial charge in [0.05, 0.1) is 5.56 Å². The SMILES string of the molecule is Cc1ccc(-c2csc(NC(=O)COCC(=O)O)c2C(=O)NC2CC2)cc1. The number of rotatable bonds is 8. The molecule has 1 heterocycles. The molecule has 0 atom stereocenters. The minimum absolute atomic E-state index is 0.186. The molecule has 2 amide bonds. The van der Waals surface area contributed by atoms with E-state index in [1.807, 2.05) is 36.6 Å². The Bertz CT molecular complexity index is 855. The summed E-state index contributed by atoms with van der Waals surface area (Å²) in [6, 6.07) is 7.99. The summed E-state index contributed by atoms with van der Waals surface area (Å²) in [7, 11) is 0. The maximum Gasteiger partial charge on any atom is 0.329 e. The molecule has 0 spiro atoms. The highest BCUT2D eigenvalue weighted by molar-refractivity contribution is 7.15. The highest BCUT2D eigenvalue weighted by atomic mass is 32.1. The first kappa shape index (κ1) is 19.1. The fraction of sp³-hybridized carbons (Fsp3) is 0.316. The van der Waals surface area contributed by atoms with Gasteiger partial charge in [-0.05, 0) is 25.3 Å². The molecule has 142 valence electrons. The molecule has 0 unspecified atom stereocenters. The third-order valence-electron chi connectivity index (χ3n) is 4.00. The fourth-order valence-corrected chi connectivity index (χ4v) is 3.48. The lowest BCUT2D eigenvalue weighted by Gasteiger charge is -2.10. The first-order valence-corrected chi connectivity index (χ1v) is 9.41. The zero-order valence-electron chi connectivity index (χ0n) is 14.8. The first-order valence-electron chi connectivity index (χ1n) is 8.53. The number of thiophene rings is 1. The summed E-state index contributed by atoms with van der Waals surface area (Å²) in [5.74, 6) is -1.88. The summed E-state index contributed by atoms with van der Waals surface area (Å²) in [4.78, 5) is 35.3. The van der Waals surface area contributed by atoms with Crippen LogP contribution in [0.3, 0.4) is 0 Å². The van der Waals surface area contributed by atoms with Gasteiger partial charge in [-0.1, -0.05) is 29.8 Å². The summed E-state index contributed by atoms with van der Waals surface area (Å²) in [5.41, 5.74) is 3.17. The van der Waals surface area contributed by atoms with Crippen molar-refractivity contribution in [2.24, 2.45) is 0 Å². The largest absolute Gasteiger partial charge is 0.480 e. The molecule has 1 fully saturated rings. The number of carboxylic acids is 1. The lowest BCUT2D eigenvalue weighted by molar-refractivity contribution is -0.143. The summed E-state index contributed by atoms with van der Waals surface area (Å²) >= 11 is 1.25. The van der Waals surface area contributed by atoms with Gasteiger partial charge in [0.2, 0.25) is 0 Å². The molecular weight excluding hydrogens is 368 g/mol. The number of aryl methyl sites for hydroxylation is 1. The molecule has 27 heavy (non-hydrogen) atoms. The number of carbonyl (C=O) groups is 3. The molecule has 0 saturated heterocycles. The Balaban J connectivity index is 1.82. The van der Waals surface area contributed by atoms with E-state index in [9.17, 15) is 14.4 Å². The average Bonchev–Trinajstić information content (AvgIpc) is 3.33. The monoisotopic (exact) mass is 388 g/mol. The number of benzene rings is 1. The van der Waals surface area contributed by atoms with E-state index in [-0.39, 0.29) is 11.9 Å². The molecule has 2 aromatic rings. The molecule has 1 aliphatic rings. The Labute approximate surface area is 160 Å². The van der Waals surface area contributed by atoms with Crippen molar-refractivity contribution in [3.8, 4) is 11.1 Å². The van der Waals surface area contributed by atoms with Gasteiger partial charge >= 0.3 is 5.97 Å². The third-order valence-corrected chi connectivity index (χ3v) is 4.90. The lowest BCUT2D eigenvalue weighted by Crippen LogP contribution is -2.27. The van der Waals surface area contributed by atoms with Gasteiger partial charge in [0.1, 0.15) is 18.2 Å².